The lowest BCUT2D eigenvalue weighted by Crippen LogP contribution is -2.09. The summed E-state index contributed by atoms with van der Waals surface area (Å²) < 4.78 is 26.6. The maximum absolute atomic E-state index is 13.5. The average molecular weight is 254 g/mol. The van der Waals surface area contributed by atoms with E-state index < -0.39 is 11.6 Å². The summed E-state index contributed by atoms with van der Waals surface area (Å²) in [5.41, 5.74) is 0.646. The van der Waals surface area contributed by atoms with Crippen LogP contribution in [0.3, 0.4) is 0 Å². The van der Waals surface area contributed by atoms with Gasteiger partial charge in [-0.1, -0.05) is 6.07 Å². The topological polar surface area (TPSA) is 24.9 Å². The smallest absolute Gasteiger partial charge is 0.183 e. The Morgan fingerprint density at radius 3 is 2.76 bits per heavy atom. The van der Waals surface area contributed by atoms with Gasteiger partial charge in [-0.05, 0) is 26.0 Å². The molecule has 0 aliphatic heterocycles. The number of nitrogens with one attached hydrogen (secondary N) is 1. The third kappa shape index (κ3) is 2.61. The molecular weight excluding hydrogens is 242 g/mol. The Hall–Kier alpha value is -1.49. The van der Waals surface area contributed by atoms with Gasteiger partial charge in [0.1, 0.15) is 0 Å². The number of hydrogen-bond donors (Lipinski definition) is 1. The minimum absolute atomic E-state index is 0.193. The summed E-state index contributed by atoms with van der Waals surface area (Å²) in [4.78, 5) is 4.22. The first-order valence-electron chi connectivity index (χ1n) is 5.24. The molecule has 1 heterocycles. The van der Waals surface area contributed by atoms with Crippen molar-refractivity contribution >= 4 is 16.5 Å². The molecule has 0 aliphatic rings. The van der Waals surface area contributed by atoms with Gasteiger partial charge in [-0.15, -0.1) is 11.3 Å². The van der Waals surface area contributed by atoms with Crippen molar-refractivity contribution in [1.29, 1.82) is 0 Å². The first-order chi connectivity index (χ1) is 8.08. The minimum atomic E-state index is -0.853. The van der Waals surface area contributed by atoms with Crippen molar-refractivity contribution in [3.63, 3.8) is 0 Å². The summed E-state index contributed by atoms with van der Waals surface area (Å²) in [6, 6.07) is 4.35. The van der Waals surface area contributed by atoms with Gasteiger partial charge in [-0.2, -0.15) is 0 Å². The molecule has 17 heavy (non-hydrogen) atoms. The van der Waals surface area contributed by atoms with Crippen molar-refractivity contribution in [3.05, 3.63) is 35.2 Å². The van der Waals surface area contributed by atoms with Crippen LogP contribution in [0.2, 0.25) is 0 Å². The minimum Gasteiger partial charge on any atom is -0.359 e. The van der Waals surface area contributed by atoms with Gasteiger partial charge in [0.05, 0.1) is 5.69 Å². The fourth-order valence-electron chi connectivity index (χ4n) is 1.41. The molecule has 0 aliphatic carbocycles. The van der Waals surface area contributed by atoms with E-state index in [-0.39, 0.29) is 11.6 Å². The van der Waals surface area contributed by atoms with E-state index in [2.05, 4.69) is 10.3 Å². The summed E-state index contributed by atoms with van der Waals surface area (Å²) in [7, 11) is 0. The van der Waals surface area contributed by atoms with Gasteiger partial charge in [-0.25, -0.2) is 13.8 Å². The van der Waals surface area contributed by atoms with Crippen molar-refractivity contribution < 1.29 is 8.78 Å². The molecule has 0 saturated carbocycles. The van der Waals surface area contributed by atoms with Gasteiger partial charge in [0.15, 0.2) is 16.8 Å². The van der Waals surface area contributed by atoms with Crippen molar-refractivity contribution in [2.24, 2.45) is 0 Å². The lowest BCUT2D eigenvalue weighted by Gasteiger charge is -2.04. The maximum atomic E-state index is 13.5. The predicted molar refractivity (Wildman–Crippen MR) is 66.2 cm³/mol. The second-order valence-corrected chi connectivity index (χ2v) is 4.80. The number of hydrogen-bond acceptors (Lipinski definition) is 3. The zero-order valence-corrected chi connectivity index (χ0v) is 10.3. The quantitative estimate of drug-likeness (QED) is 0.898. The van der Waals surface area contributed by atoms with E-state index in [0.29, 0.717) is 10.8 Å². The second-order valence-electron chi connectivity index (χ2n) is 3.94. The van der Waals surface area contributed by atoms with Crippen LogP contribution in [0.1, 0.15) is 13.8 Å². The van der Waals surface area contributed by atoms with Gasteiger partial charge in [-0.3, -0.25) is 0 Å². The van der Waals surface area contributed by atoms with Crippen LogP contribution in [-0.2, 0) is 0 Å². The molecule has 5 heteroatoms. The number of rotatable bonds is 3. The Kier molecular flexibility index (Phi) is 3.38. The number of halogens is 2. The Bertz CT molecular complexity index is 523. The average Bonchev–Trinajstić information content (AvgIpc) is 2.69. The number of aromatic nitrogens is 1. The molecule has 1 N–H and O–H groups in total. The van der Waals surface area contributed by atoms with E-state index >= 15 is 0 Å². The van der Waals surface area contributed by atoms with Crippen LogP contribution in [0.25, 0.3) is 11.3 Å². The highest BCUT2D eigenvalue weighted by atomic mass is 32.1. The number of nitrogens with zero attached hydrogens (tertiary/aromatic N) is 1. The molecule has 0 fully saturated rings. The Balaban J connectivity index is 2.34. The molecule has 0 atom stereocenters. The standard InChI is InChI=1S/C12H12F2N2S/c1-7(2)15-12-16-10(6-17-12)8-4-3-5-9(13)11(8)14/h3-7H,1-2H3,(H,15,16). The molecule has 0 unspecified atom stereocenters. The van der Waals surface area contributed by atoms with Crippen LogP contribution in [0, 0.1) is 11.6 Å². The lowest BCUT2D eigenvalue weighted by molar-refractivity contribution is 0.511. The highest BCUT2D eigenvalue weighted by molar-refractivity contribution is 7.14. The summed E-state index contributed by atoms with van der Waals surface area (Å²) in [6.07, 6.45) is 0. The van der Waals surface area contributed by atoms with Gasteiger partial charge >= 0.3 is 0 Å². The highest BCUT2D eigenvalue weighted by Crippen LogP contribution is 2.28. The first-order valence-corrected chi connectivity index (χ1v) is 6.12. The normalized spacial score (nSPS) is 10.9. The van der Waals surface area contributed by atoms with Gasteiger partial charge in [0, 0.05) is 17.0 Å². The Morgan fingerprint density at radius 2 is 2.06 bits per heavy atom. The predicted octanol–water partition coefficient (Wildman–Crippen LogP) is 3.91. The van der Waals surface area contributed by atoms with Crippen molar-refractivity contribution in [2.75, 3.05) is 5.32 Å². The molecule has 2 nitrogen and oxygen atoms in total. The van der Waals surface area contributed by atoms with Crippen LogP contribution in [0.15, 0.2) is 23.6 Å². The first kappa shape index (κ1) is 12.0. The SMILES string of the molecule is CC(C)Nc1nc(-c2cccc(F)c2F)cs1. The molecule has 0 amide bonds. The fourth-order valence-corrected chi connectivity index (χ4v) is 2.27. The molecule has 2 aromatic rings. The second kappa shape index (κ2) is 4.79. The molecule has 1 aromatic heterocycles. The molecule has 90 valence electrons. The number of thiazole rings is 1. The van der Waals surface area contributed by atoms with E-state index in [0.717, 1.165) is 6.07 Å². The zero-order valence-electron chi connectivity index (χ0n) is 9.50. The zero-order chi connectivity index (χ0) is 12.4. The van der Waals surface area contributed by atoms with Gasteiger partial charge in [0.2, 0.25) is 0 Å². The molecule has 0 bridgehead atoms. The van der Waals surface area contributed by atoms with Crippen LogP contribution < -0.4 is 5.32 Å². The number of anilines is 1. The molecule has 0 spiro atoms. The monoisotopic (exact) mass is 254 g/mol. The van der Waals surface area contributed by atoms with Crippen LogP contribution >= 0.6 is 11.3 Å². The van der Waals surface area contributed by atoms with Crippen LogP contribution in [0.5, 0.6) is 0 Å². The summed E-state index contributed by atoms with van der Waals surface area (Å²) in [5, 5.41) is 5.54. The molecular formula is C12H12F2N2S. The molecule has 2 rings (SSSR count). The largest absolute Gasteiger partial charge is 0.359 e. The summed E-state index contributed by atoms with van der Waals surface area (Å²) in [6.45, 7) is 3.98. The van der Waals surface area contributed by atoms with E-state index in [1.807, 2.05) is 13.8 Å². The van der Waals surface area contributed by atoms with Gasteiger partial charge < -0.3 is 5.32 Å². The van der Waals surface area contributed by atoms with Crippen molar-refractivity contribution in [1.82, 2.24) is 4.98 Å². The fraction of sp³-hybridized carbons (Fsp3) is 0.250. The maximum Gasteiger partial charge on any atom is 0.183 e. The molecule has 1 aromatic carbocycles. The Labute approximate surface area is 102 Å². The van der Waals surface area contributed by atoms with Crippen LogP contribution in [0.4, 0.5) is 13.9 Å². The van der Waals surface area contributed by atoms with E-state index in [4.69, 9.17) is 0 Å². The Morgan fingerprint density at radius 1 is 1.29 bits per heavy atom. The molecule has 0 radical (unpaired) electrons. The summed E-state index contributed by atoms with van der Waals surface area (Å²) in [5.74, 6) is -1.71. The van der Waals surface area contributed by atoms with E-state index in [9.17, 15) is 8.78 Å². The molecule has 0 saturated heterocycles. The number of benzene rings is 1. The third-order valence-electron chi connectivity index (χ3n) is 2.14. The third-order valence-corrected chi connectivity index (χ3v) is 2.92. The summed E-state index contributed by atoms with van der Waals surface area (Å²) >= 11 is 1.38. The lowest BCUT2D eigenvalue weighted by atomic mass is 10.1. The van der Waals surface area contributed by atoms with Crippen molar-refractivity contribution in [3.8, 4) is 11.3 Å². The highest BCUT2D eigenvalue weighted by Gasteiger charge is 2.12. The van der Waals surface area contributed by atoms with Crippen LogP contribution in [-0.4, -0.2) is 11.0 Å². The van der Waals surface area contributed by atoms with Gasteiger partial charge in [0.25, 0.3) is 0 Å². The van der Waals surface area contributed by atoms with E-state index in [1.54, 1.807) is 5.38 Å². The van der Waals surface area contributed by atoms with Crippen molar-refractivity contribution in [2.45, 2.75) is 19.9 Å². The van der Waals surface area contributed by atoms with E-state index in [1.165, 1.54) is 23.5 Å².